The average Bonchev–Trinajstić information content (AvgIpc) is 2.38. The number of anilines is 2. The van der Waals surface area contributed by atoms with E-state index in [4.69, 9.17) is 15.6 Å². The Kier molecular flexibility index (Phi) is 3.72. The quantitative estimate of drug-likeness (QED) is 0.797. The molecule has 1 aliphatic rings. The molecule has 1 aromatic carbocycles. The van der Waals surface area contributed by atoms with Crippen LogP contribution in [0.3, 0.4) is 0 Å². The summed E-state index contributed by atoms with van der Waals surface area (Å²) >= 11 is 0. The fraction of sp³-hybridized carbons (Fsp3) is 0.462. The smallest absolute Gasteiger partial charge is 0.337 e. The van der Waals surface area contributed by atoms with Gasteiger partial charge in [-0.3, -0.25) is 0 Å². The molecule has 0 amide bonds. The Bertz CT molecular complexity index is 448. The summed E-state index contributed by atoms with van der Waals surface area (Å²) in [5.41, 5.74) is 7.20. The molecule has 1 saturated heterocycles. The minimum Gasteiger partial charge on any atom is -0.478 e. The molecular formula is C13H18N2O3. The Morgan fingerprint density at radius 2 is 2.39 bits per heavy atom. The van der Waals surface area contributed by atoms with Crippen molar-refractivity contribution < 1.29 is 14.6 Å². The largest absolute Gasteiger partial charge is 0.478 e. The second-order valence-corrected chi connectivity index (χ2v) is 4.41. The molecular weight excluding hydrogens is 232 g/mol. The van der Waals surface area contributed by atoms with E-state index in [9.17, 15) is 4.79 Å². The summed E-state index contributed by atoms with van der Waals surface area (Å²) in [5, 5.41) is 8.95. The number of nitrogens with zero attached hydrogens (tertiary/aromatic N) is 1. The number of hydrogen-bond acceptors (Lipinski definition) is 4. The van der Waals surface area contributed by atoms with E-state index >= 15 is 0 Å². The van der Waals surface area contributed by atoms with E-state index in [1.807, 2.05) is 6.07 Å². The molecule has 5 heteroatoms. The highest BCUT2D eigenvalue weighted by atomic mass is 16.5. The molecule has 1 aromatic rings. The molecule has 98 valence electrons. The molecule has 1 atom stereocenters. The van der Waals surface area contributed by atoms with E-state index < -0.39 is 5.97 Å². The third-order valence-corrected chi connectivity index (χ3v) is 3.30. The number of benzene rings is 1. The molecule has 0 spiro atoms. The first-order valence-electron chi connectivity index (χ1n) is 6.10. The Balaban J connectivity index is 2.27. The minimum absolute atomic E-state index is 0.153. The van der Waals surface area contributed by atoms with Crippen molar-refractivity contribution >= 4 is 17.3 Å². The molecule has 0 saturated carbocycles. The molecule has 1 fully saturated rings. The van der Waals surface area contributed by atoms with Crippen LogP contribution < -0.4 is 10.6 Å². The van der Waals surface area contributed by atoms with E-state index in [-0.39, 0.29) is 5.56 Å². The van der Waals surface area contributed by atoms with Crippen molar-refractivity contribution in [1.82, 2.24) is 0 Å². The minimum atomic E-state index is -0.993. The molecule has 0 aromatic heterocycles. The van der Waals surface area contributed by atoms with Crippen LogP contribution in [0.2, 0.25) is 0 Å². The van der Waals surface area contributed by atoms with Gasteiger partial charge in [-0.2, -0.15) is 0 Å². The molecule has 1 heterocycles. The van der Waals surface area contributed by atoms with Crippen molar-refractivity contribution in [2.24, 2.45) is 0 Å². The summed E-state index contributed by atoms with van der Waals surface area (Å²) in [7, 11) is 0. The van der Waals surface area contributed by atoms with Gasteiger partial charge < -0.3 is 20.5 Å². The van der Waals surface area contributed by atoms with Crippen LogP contribution in [0, 0.1) is 0 Å². The van der Waals surface area contributed by atoms with Crippen LogP contribution in [-0.4, -0.2) is 36.9 Å². The number of nitrogens with two attached hydrogens (primary N) is 1. The fourth-order valence-corrected chi connectivity index (χ4v) is 2.26. The first-order chi connectivity index (χ1) is 8.63. The van der Waals surface area contributed by atoms with Crippen molar-refractivity contribution in [3.05, 3.63) is 23.8 Å². The Morgan fingerprint density at radius 3 is 3.00 bits per heavy atom. The number of rotatable bonds is 3. The van der Waals surface area contributed by atoms with Gasteiger partial charge in [-0.15, -0.1) is 0 Å². The van der Waals surface area contributed by atoms with Gasteiger partial charge in [-0.25, -0.2) is 4.79 Å². The Labute approximate surface area is 106 Å². The summed E-state index contributed by atoms with van der Waals surface area (Å²) < 4.78 is 5.45. The van der Waals surface area contributed by atoms with Crippen molar-refractivity contribution in [2.45, 2.75) is 19.4 Å². The van der Waals surface area contributed by atoms with E-state index in [1.165, 1.54) is 0 Å². The molecule has 0 bridgehead atoms. The highest BCUT2D eigenvalue weighted by Gasteiger charge is 2.22. The van der Waals surface area contributed by atoms with Crippen LogP contribution >= 0.6 is 0 Å². The number of morpholine rings is 1. The summed E-state index contributed by atoms with van der Waals surface area (Å²) in [6.07, 6.45) is 0.987. The van der Waals surface area contributed by atoms with Crippen LogP contribution in [0.4, 0.5) is 11.4 Å². The molecule has 1 unspecified atom stereocenters. The van der Waals surface area contributed by atoms with Crippen LogP contribution in [0.25, 0.3) is 0 Å². The third-order valence-electron chi connectivity index (χ3n) is 3.30. The van der Waals surface area contributed by atoms with Crippen LogP contribution in [0.15, 0.2) is 18.2 Å². The third kappa shape index (κ3) is 2.41. The first-order valence-corrected chi connectivity index (χ1v) is 6.10. The van der Waals surface area contributed by atoms with Gasteiger partial charge in [0.2, 0.25) is 0 Å². The van der Waals surface area contributed by atoms with Crippen molar-refractivity contribution in [1.29, 1.82) is 0 Å². The molecule has 0 aliphatic carbocycles. The number of hydrogen-bond donors (Lipinski definition) is 2. The van der Waals surface area contributed by atoms with E-state index in [1.54, 1.807) is 12.1 Å². The van der Waals surface area contributed by atoms with Gasteiger partial charge in [0.05, 0.1) is 24.8 Å². The second-order valence-electron chi connectivity index (χ2n) is 4.41. The fourth-order valence-electron chi connectivity index (χ4n) is 2.26. The summed E-state index contributed by atoms with van der Waals surface area (Å²) in [6.45, 7) is 4.32. The number of carbonyl (C=O) groups is 1. The zero-order chi connectivity index (χ0) is 13.1. The maximum absolute atomic E-state index is 10.9. The van der Waals surface area contributed by atoms with Crippen LogP contribution in [-0.2, 0) is 4.74 Å². The van der Waals surface area contributed by atoms with Gasteiger partial charge in [0, 0.05) is 17.9 Å². The van der Waals surface area contributed by atoms with Gasteiger partial charge in [-0.1, -0.05) is 6.92 Å². The highest BCUT2D eigenvalue weighted by molar-refractivity contribution is 5.94. The van der Waals surface area contributed by atoms with E-state index in [2.05, 4.69) is 11.8 Å². The number of nitrogen functional groups attached to an aromatic ring is 1. The lowest BCUT2D eigenvalue weighted by Crippen LogP contribution is -2.45. The maximum Gasteiger partial charge on any atom is 0.337 e. The maximum atomic E-state index is 10.9. The van der Waals surface area contributed by atoms with Gasteiger partial charge >= 0.3 is 5.97 Å². The van der Waals surface area contributed by atoms with E-state index in [0.29, 0.717) is 24.9 Å². The predicted molar refractivity (Wildman–Crippen MR) is 70.1 cm³/mol. The molecule has 3 N–H and O–H groups in total. The zero-order valence-electron chi connectivity index (χ0n) is 10.4. The predicted octanol–water partition coefficient (Wildman–Crippen LogP) is 1.58. The Morgan fingerprint density at radius 1 is 1.61 bits per heavy atom. The summed E-state index contributed by atoms with van der Waals surface area (Å²) in [4.78, 5) is 13.1. The lowest BCUT2D eigenvalue weighted by Gasteiger charge is -2.37. The van der Waals surface area contributed by atoms with Gasteiger partial charge in [0.25, 0.3) is 0 Å². The van der Waals surface area contributed by atoms with Crippen LogP contribution in [0.1, 0.15) is 23.7 Å². The second kappa shape index (κ2) is 5.27. The number of aromatic carboxylic acids is 1. The van der Waals surface area contributed by atoms with Gasteiger partial charge in [0.1, 0.15) is 0 Å². The van der Waals surface area contributed by atoms with Crippen molar-refractivity contribution in [3.63, 3.8) is 0 Å². The zero-order valence-corrected chi connectivity index (χ0v) is 10.4. The first kappa shape index (κ1) is 12.7. The Hall–Kier alpha value is -1.75. The molecule has 1 aliphatic heterocycles. The molecule has 2 rings (SSSR count). The number of ether oxygens (including phenoxy) is 1. The molecule has 18 heavy (non-hydrogen) atoms. The van der Waals surface area contributed by atoms with Crippen molar-refractivity contribution in [2.75, 3.05) is 30.4 Å². The standard InChI is InChI=1S/C13H18N2O3/c1-2-9-8-18-6-5-15(9)10-3-4-11(13(16)17)12(14)7-10/h3-4,7,9H,2,5-6,8,14H2,1H3,(H,16,17). The molecule has 0 radical (unpaired) electrons. The van der Waals surface area contributed by atoms with Gasteiger partial charge in [-0.05, 0) is 24.6 Å². The van der Waals surface area contributed by atoms with Gasteiger partial charge in [0.15, 0.2) is 0 Å². The highest BCUT2D eigenvalue weighted by Crippen LogP contribution is 2.25. The summed E-state index contributed by atoms with van der Waals surface area (Å²) in [6, 6.07) is 5.44. The SMILES string of the molecule is CCC1COCCN1c1ccc(C(=O)O)c(N)c1. The summed E-state index contributed by atoms with van der Waals surface area (Å²) in [5.74, 6) is -0.993. The topological polar surface area (TPSA) is 75.8 Å². The normalized spacial score (nSPS) is 19.8. The van der Waals surface area contributed by atoms with Crippen LogP contribution in [0.5, 0.6) is 0 Å². The van der Waals surface area contributed by atoms with Crippen molar-refractivity contribution in [3.8, 4) is 0 Å². The number of carboxylic acids is 1. The molecule has 5 nitrogen and oxygen atoms in total. The number of carboxylic acid groups (broad SMARTS) is 1. The van der Waals surface area contributed by atoms with E-state index in [0.717, 1.165) is 18.7 Å². The average molecular weight is 250 g/mol. The lowest BCUT2D eigenvalue weighted by atomic mass is 10.1. The monoisotopic (exact) mass is 250 g/mol. The lowest BCUT2D eigenvalue weighted by molar-refractivity contribution is 0.0698.